The Morgan fingerprint density at radius 2 is 1.68 bits per heavy atom. The van der Waals surface area contributed by atoms with Crippen molar-refractivity contribution in [1.82, 2.24) is 4.90 Å². The van der Waals surface area contributed by atoms with Gasteiger partial charge in [0.1, 0.15) is 6.04 Å². The van der Waals surface area contributed by atoms with E-state index < -0.39 is 29.9 Å². The molecule has 1 atom stereocenters. The minimum atomic E-state index is -0.897. The van der Waals surface area contributed by atoms with Gasteiger partial charge in [0.25, 0.3) is 5.91 Å². The second-order valence-corrected chi connectivity index (χ2v) is 7.36. The van der Waals surface area contributed by atoms with Crippen LogP contribution < -0.4 is 10.2 Å². The van der Waals surface area contributed by atoms with Crippen LogP contribution in [0.25, 0.3) is 0 Å². The molecular weight excluding hydrogens is 398 g/mol. The molecule has 1 heterocycles. The molecule has 1 aliphatic rings. The minimum Gasteiger partial charge on any atom is -0.462 e. The Kier molecular flexibility index (Phi) is 6.69. The molecule has 4 amide bonds. The number of esters is 1. The summed E-state index contributed by atoms with van der Waals surface area (Å²) in [5.74, 6) is -1.28. The average molecular weight is 423 g/mol. The maximum Gasteiger partial charge on any atom is 0.338 e. The van der Waals surface area contributed by atoms with E-state index in [1.165, 1.54) is 4.90 Å². The van der Waals surface area contributed by atoms with E-state index in [0.29, 0.717) is 16.9 Å². The second kappa shape index (κ2) is 9.42. The molecule has 8 nitrogen and oxygen atoms in total. The van der Waals surface area contributed by atoms with Crippen LogP contribution in [0.5, 0.6) is 0 Å². The number of nitrogens with one attached hydrogen (secondary N) is 1. The number of urea groups is 1. The van der Waals surface area contributed by atoms with E-state index in [1.807, 2.05) is 0 Å². The van der Waals surface area contributed by atoms with Gasteiger partial charge in [0, 0.05) is 11.7 Å². The highest BCUT2D eigenvalue weighted by Gasteiger charge is 2.47. The Hall–Kier alpha value is -3.68. The van der Waals surface area contributed by atoms with E-state index in [4.69, 9.17) is 4.74 Å². The molecule has 31 heavy (non-hydrogen) atoms. The molecule has 0 aliphatic carbocycles. The van der Waals surface area contributed by atoms with E-state index in [-0.39, 0.29) is 19.1 Å². The maximum absolute atomic E-state index is 13.0. The summed E-state index contributed by atoms with van der Waals surface area (Å²) in [6, 6.07) is 13.3. The number of amides is 4. The van der Waals surface area contributed by atoms with E-state index in [0.717, 1.165) is 4.90 Å². The van der Waals surface area contributed by atoms with Crippen LogP contribution in [0.15, 0.2) is 54.6 Å². The van der Waals surface area contributed by atoms with Crippen molar-refractivity contribution in [2.45, 2.75) is 39.3 Å². The van der Waals surface area contributed by atoms with Crippen LogP contribution in [0.3, 0.4) is 0 Å². The highest BCUT2D eigenvalue weighted by atomic mass is 16.5. The topological polar surface area (TPSA) is 96.0 Å². The number of carbonyl (C=O) groups is 4. The standard InChI is InChI=1S/C23H25N3O5/c1-4-31-22(29)16-10-12-17(13-11-16)24-20(27)14-19-21(28)26(18-8-6-5-7-9-18)23(30)25(19)15(2)3/h5-13,15,19H,4,14H2,1-3H3,(H,24,27)/t19-/m1/s1. The van der Waals surface area contributed by atoms with Crippen LogP contribution in [-0.2, 0) is 14.3 Å². The molecule has 0 bridgehead atoms. The molecule has 0 radical (unpaired) electrons. The number of ether oxygens (including phenoxy) is 1. The van der Waals surface area contributed by atoms with Crippen LogP contribution >= 0.6 is 0 Å². The van der Waals surface area contributed by atoms with Crippen molar-refractivity contribution in [3.63, 3.8) is 0 Å². The fourth-order valence-corrected chi connectivity index (χ4v) is 3.48. The summed E-state index contributed by atoms with van der Waals surface area (Å²) in [7, 11) is 0. The molecule has 1 fully saturated rings. The molecule has 0 saturated carbocycles. The van der Waals surface area contributed by atoms with Crippen LogP contribution in [0.2, 0.25) is 0 Å². The SMILES string of the molecule is CCOC(=O)c1ccc(NC(=O)C[C@@H]2C(=O)N(c3ccccc3)C(=O)N2C(C)C)cc1. The number of anilines is 2. The maximum atomic E-state index is 13.0. The molecule has 8 heteroatoms. The number of rotatable bonds is 7. The molecule has 0 aromatic heterocycles. The third-order valence-corrected chi connectivity index (χ3v) is 4.88. The molecule has 2 aromatic rings. The zero-order chi connectivity index (χ0) is 22.5. The first-order valence-electron chi connectivity index (χ1n) is 10.1. The van der Waals surface area contributed by atoms with Gasteiger partial charge in [-0.25, -0.2) is 14.5 Å². The monoisotopic (exact) mass is 423 g/mol. The number of hydrogen-bond acceptors (Lipinski definition) is 5. The third kappa shape index (κ3) is 4.74. The summed E-state index contributed by atoms with van der Waals surface area (Å²) < 4.78 is 4.93. The van der Waals surface area contributed by atoms with Crippen molar-refractivity contribution in [3.8, 4) is 0 Å². The number of imide groups is 1. The van der Waals surface area contributed by atoms with Gasteiger partial charge in [0.15, 0.2) is 0 Å². The first-order valence-corrected chi connectivity index (χ1v) is 10.1. The van der Waals surface area contributed by atoms with Crippen molar-refractivity contribution in [3.05, 3.63) is 60.2 Å². The zero-order valence-electron chi connectivity index (χ0n) is 17.7. The first-order chi connectivity index (χ1) is 14.8. The summed E-state index contributed by atoms with van der Waals surface area (Å²) in [5, 5.41) is 2.72. The number of benzene rings is 2. The van der Waals surface area contributed by atoms with Crippen molar-refractivity contribution < 1.29 is 23.9 Å². The van der Waals surface area contributed by atoms with E-state index in [9.17, 15) is 19.2 Å². The summed E-state index contributed by atoms with van der Waals surface area (Å²) in [6.45, 7) is 5.61. The molecule has 2 aromatic carbocycles. The highest BCUT2D eigenvalue weighted by molar-refractivity contribution is 6.22. The fraction of sp³-hybridized carbons (Fsp3) is 0.304. The lowest BCUT2D eigenvalue weighted by Gasteiger charge is -2.25. The van der Waals surface area contributed by atoms with Gasteiger partial charge in [-0.05, 0) is 57.2 Å². The number of carbonyl (C=O) groups excluding carboxylic acids is 4. The largest absolute Gasteiger partial charge is 0.462 e. The van der Waals surface area contributed by atoms with Crippen LogP contribution in [-0.4, -0.2) is 47.4 Å². The molecule has 162 valence electrons. The van der Waals surface area contributed by atoms with Gasteiger partial charge in [0.2, 0.25) is 5.91 Å². The molecule has 1 N–H and O–H groups in total. The van der Waals surface area contributed by atoms with E-state index >= 15 is 0 Å². The fourth-order valence-electron chi connectivity index (χ4n) is 3.48. The minimum absolute atomic E-state index is 0.175. The van der Waals surface area contributed by atoms with Crippen molar-refractivity contribution in [2.75, 3.05) is 16.8 Å². The van der Waals surface area contributed by atoms with Gasteiger partial charge < -0.3 is 15.0 Å². The number of nitrogens with zero attached hydrogens (tertiary/aromatic N) is 2. The number of hydrogen-bond donors (Lipinski definition) is 1. The van der Waals surface area contributed by atoms with Gasteiger partial charge in [-0.3, -0.25) is 9.59 Å². The Morgan fingerprint density at radius 1 is 1.03 bits per heavy atom. The molecule has 0 spiro atoms. The summed E-state index contributed by atoms with van der Waals surface area (Å²) in [4.78, 5) is 52.9. The summed E-state index contributed by atoms with van der Waals surface area (Å²) >= 11 is 0. The van der Waals surface area contributed by atoms with Crippen LogP contribution in [0.4, 0.5) is 16.2 Å². The Bertz CT molecular complexity index is 972. The Morgan fingerprint density at radius 3 is 2.26 bits per heavy atom. The predicted octanol–water partition coefficient (Wildman–Crippen LogP) is 3.44. The van der Waals surface area contributed by atoms with Gasteiger partial charge in [-0.2, -0.15) is 0 Å². The Labute approximate surface area is 180 Å². The number of para-hydroxylation sites is 1. The van der Waals surface area contributed by atoms with Gasteiger partial charge in [-0.1, -0.05) is 18.2 Å². The lowest BCUT2D eigenvalue weighted by molar-refractivity contribution is -0.124. The normalized spacial score (nSPS) is 16.1. The first kappa shape index (κ1) is 22.0. The Balaban J connectivity index is 1.72. The average Bonchev–Trinajstić information content (AvgIpc) is 2.98. The molecule has 1 aliphatic heterocycles. The molecule has 3 rings (SSSR count). The van der Waals surface area contributed by atoms with Gasteiger partial charge >= 0.3 is 12.0 Å². The van der Waals surface area contributed by atoms with E-state index in [2.05, 4.69) is 5.32 Å². The van der Waals surface area contributed by atoms with Crippen molar-refractivity contribution in [2.24, 2.45) is 0 Å². The van der Waals surface area contributed by atoms with Crippen LogP contribution in [0, 0.1) is 0 Å². The third-order valence-electron chi connectivity index (χ3n) is 4.88. The summed E-state index contributed by atoms with van der Waals surface area (Å²) in [6.07, 6.45) is -0.175. The smallest absolute Gasteiger partial charge is 0.338 e. The quantitative estimate of drug-likeness (QED) is 0.544. The lowest BCUT2D eigenvalue weighted by Crippen LogP contribution is -2.42. The van der Waals surface area contributed by atoms with Gasteiger partial charge in [-0.15, -0.1) is 0 Å². The predicted molar refractivity (Wildman–Crippen MR) is 116 cm³/mol. The molecular formula is C23H25N3O5. The molecule has 1 saturated heterocycles. The molecule has 0 unspecified atom stereocenters. The lowest BCUT2D eigenvalue weighted by atomic mass is 10.1. The van der Waals surface area contributed by atoms with Crippen molar-refractivity contribution >= 4 is 35.2 Å². The van der Waals surface area contributed by atoms with Crippen LogP contribution in [0.1, 0.15) is 37.6 Å². The second-order valence-electron chi connectivity index (χ2n) is 7.36. The highest BCUT2D eigenvalue weighted by Crippen LogP contribution is 2.28. The zero-order valence-corrected chi connectivity index (χ0v) is 17.7. The van der Waals surface area contributed by atoms with Crippen molar-refractivity contribution in [1.29, 1.82) is 0 Å². The van der Waals surface area contributed by atoms with E-state index in [1.54, 1.807) is 75.4 Å². The summed E-state index contributed by atoms with van der Waals surface area (Å²) in [5.41, 5.74) is 1.33. The van der Waals surface area contributed by atoms with Gasteiger partial charge in [0.05, 0.1) is 24.3 Å².